The summed E-state index contributed by atoms with van der Waals surface area (Å²) in [5, 5.41) is 32.0. The van der Waals surface area contributed by atoms with E-state index < -0.39 is 18.2 Å². The van der Waals surface area contributed by atoms with Crippen LogP contribution in [0.5, 0.6) is 11.5 Å². The number of ether oxygens (including phenoxy) is 2. The van der Waals surface area contributed by atoms with Gasteiger partial charge in [0.1, 0.15) is 6.10 Å². The molecule has 1 aromatic carbocycles. The molecule has 4 unspecified atom stereocenters. The van der Waals surface area contributed by atoms with Gasteiger partial charge in [0.2, 0.25) is 6.79 Å². The van der Waals surface area contributed by atoms with E-state index in [-0.39, 0.29) is 18.6 Å². The van der Waals surface area contributed by atoms with Crippen molar-refractivity contribution in [2.45, 2.75) is 50.0 Å². The first-order valence-electron chi connectivity index (χ1n) is 9.55. The molecule has 9 nitrogen and oxygen atoms in total. The molecule has 2 aliphatic carbocycles. The number of carbonyl (C=O) groups excluding carboxylic acids is 1. The van der Waals surface area contributed by atoms with Crippen molar-refractivity contribution in [3.8, 4) is 11.5 Å². The van der Waals surface area contributed by atoms with Gasteiger partial charge in [0.05, 0.1) is 17.8 Å². The van der Waals surface area contributed by atoms with E-state index in [1.165, 1.54) is 0 Å². The highest BCUT2D eigenvalue weighted by molar-refractivity contribution is 5.95. The number of nitrogens with one attached hydrogen (secondary N) is 1. The van der Waals surface area contributed by atoms with Crippen molar-refractivity contribution in [1.82, 2.24) is 20.3 Å². The molecule has 4 atom stereocenters. The Kier molecular flexibility index (Phi) is 4.21. The van der Waals surface area contributed by atoms with E-state index in [2.05, 4.69) is 15.6 Å². The summed E-state index contributed by atoms with van der Waals surface area (Å²) >= 11 is 0. The molecule has 0 spiro atoms. The number of carbonyl (C=O) groups is 1. The van der Waals surface area contributed by atoms with Crippen LogP contribution in [0, 0.1) is 5.92 Å². The number of aliphatic hydroxyl groups is 2. The summed E-state index contributed by atoms with van der Waals surface area (Å²) in [6, 6.07) is 4.40. The first-order chi connectivity index (χ1) is 13.6. The van der Waals surface area contributed by atoms with E-state index >= 15 is 0 Å². The maximum Gasteiger partial charge on any atom is 0.251 e. The monoisotopic (exact) mass is 386 g/mol. The normalized spacial score (nSPS) is 28.5. The van der Waals surface area contributed by atoms with E-state index in [0.717, 1.165) is 18.5 Å². The highest BCUT2D eigenvalue weighted by Crippen LogP contribution is 2.39. The number of nitrogens with zero attached hydrogens (tertiary/aromatic N) is 3. The molecule has 0 radical (unpaired) electrons. The molecule has 2 heterocycles. The lowest BCUT2D eigenvalue weighted by molar-refractivity contribution is 0.00761. The van der Waals surface area contributed by atoms with Crippen LogP contribution in [0.25, 0.3) is 0 Å². The minimum atomic E-state index is -1.03. The number of rotatable bonds is 5. The van der Waals surface area contributed by atoms with E-state index in [0.29, 0.717) is 35.9 Å². The molecule has 3 N–H and O–H groups in total. The lowest BCUT2D eigenvalue weighted by Gasteiger charge is -2.18. The first kappa shape index (κ1) is 17.4. The number of aromatic nitrogens is 3. The van der Waals surface area contributed by atoms with E-state index in [9.17, 15) is 15.0 Å². The van der Waals surface area contributed by atoms with Gasteiger partial charge in [-0.1, -0.05) is 5.21 Å². The van der Waals surface area contributed by atoms with Crippen molar-refractivity contribution in [3.63, 3.8) is 0 Å². The summed E-state index contributed by atoms with van der Waals surface area (Å²) < 4.78 is 12.3. The van der Waals surface area contributed by atoms with Gasteiger partial charge in [0.15, 0.2) is 11.5 Å². The maximum absolute atomic E-state index is 12.6. The minimum absolute atomic E-state index is 0.139. The van der Waals surface area contributed by atoms with Crippen molar-refractivity contribution in [2.24, 2.45) is 5.92 Å². The molecule has 5 rings (SSSR count). The molecule has 0 saturated heterocycles. The lowest BCUT2D eigenvalue weighted by Crippen LogP contribution is -2.43. The molecule has 2 saturated carbocycles. The third kappa shape index (κ3) is 3.20. The molecule has 2 aromatic rings. The van der Waals surface area contributed by atoms with Gasteiger partial charge in [0.25, 0.3) is 5.91 Å². The van der Waals surface area contributed by atoms with Gasteiger partial charge in [-0.25, -0.2) is 0 Å². The highest BCUT2D eigenvalue weighted by Gasteiger charge is 2.42. The van der Waals surface area contributed by atoms with Gasteiger partial charge in [-0.15, -0.1) is 5.10 Å². The fourth-order valence-corrected chi connectivity index (χ4v) is 3.95. The molecule has 0 bridgehead atoms. The smallest absolute Gasteiger partial charge is 0.251 e. The molecule has 148 valence electrons. The van der Waals surface area contributed by atoms with Crippen molar-refractivity contribution >= 4 is 5.91 Å². The van der Waals surface area contributed by atoms with Crippen molar-refractivity contribution in [2.75, 3.05) is 6.79 Å². The molecule has 9 heteroatoms. The second-order valence-electron chi connectivity index (χ2n) is 7.76. The molecule has 1 aliphatic heterocycles. The zero-order valence-corrected chi connectivity index (χ0v) is 15.2. The highest BCUT2D eigenvalue weighted by atomic mass is 16.7. The summed E-state index contributed by atoms with van der Waals surface area (Å²) in [7, 11) is 0. The van der Waals surface area contributed by atoms with Crippen LogP contribution in [0.1, 0.15) is 41.2 Å². The molecule has 2 fully saturated rings. The van der Waals surface area contributed by atoms with Crippen LogP contribution in [-0.4, -0.2) is 56.2 Å². The Morgan fingerprint density at radius 1 is 1.21 bits per heavy atom. The minimum Gasteiger partial charge on any atom is -0.454 e. The second kappa shape index (κ2) is 6.75. The largest absolute Gasteiger partial charge is 0.454 e. The van der Waals surface area contributed by atoms with E-state index in [4.69, 9.17) is 9.47 Å². The third-order valence-corrected chi connectivity index (χ3v) is 5.73. The van der Waals surface area contributed by atoms with Gasteiger partial charge < -0.3 is 25.0 Å². The summed E-state index contributed by atoms with van der Waals surface area (Å²) in [5.74, 6) is 1.10. The van der Waals surface area contributed by atoms with Crippen LogP contribution in [-0.2, 0) is 6.54 Å². The second-order valence-corrected chi connectivity index (χ2v) is 7.76. The third-order valence-electron chi connectivity index (χ3n) is 5.73. The van der Waals surface area contributed by atoms with Gasteiger partial charge in [-0.05, 0) is 37.5 Å². The number of amides is 1. The van der Waals surface area contributed by atoms with E-state index in [1.807, 2.05) is 6.20 Å². The maximum atomic E-state index is 12.6. The van der Waals surface area contributed by atoms with Gasteiger partial charge in [-0.2, -0.15) is 0 Å². The summed E-state index contributed by atoms with van der Waals surface area (Å²) in [5.41, 5.74) is 1.40. The number of benzene rings is 1. The number of aliphatic hydroxyl groups excluding tert-OH is 2. The molecule has 3 aliphatic rings. The Hall–Kier alpha value is -2.65. The van der Waals surface area contributed by atoms with Gasteiger partial charge in [0, 0.05) is 30.1 Å². The predicted octanol–water partition coefficient (Wildman–Crippen LogP) is 0.424. The summed E-state index contributed by atoms with van der Waals surface area (Å²) in [6.45, 7) is 0.592. The molecular weight excluding hydrogens is 364 g/mol. The number of hydrogen-bond donors (Lipinski definition) is 3. The Bertz CT molecular complexity index is 896. The average Bonchev–Trinajstić information content (AvgIpc) is 3.16. The number of fused-ring (bicyclic) bond motifs is 1. The quantitative estimate of drug-likeness (QED) is 0.682. The van der Waals surface area contributed by atoms with Crippen LogP contribution in [0.2, 0.25) is 0 Å². The summed E-state index contributed by atoms with van der Waals surface area (Å²) in [4.78, 5) is 12.6. The van der Waals surface area contributed by atoms with Crippen molar-refractivity contribution in [3.05, 3.63) is 35.7 Å². The molecular formula is C19H22N4O5. The predicted molar refractivity (Wildman–Crippen MR) is 95.9 cm³/mol. The first-order valence-corrected chi connectivity index (χ1v) is 9.55. The van der Waals surface area contributed by atoms with Crippen LogP contribution >= 0.6 is 0 Å². The fourth-order valence-electron chi connectivity index (χ4n) is 3.95. The van der Waals surface area contributed by atoms with Crippen LogP contribution < -0.4 is 14.8 Å². The average molecular weight is 386 g/mol. The SMILES string of the molecule is O=C(NC1CC(Cn2cc(C3CC3)nn2)C(O)C1O)c1ccc2c(c1)OCO2. The Morgan fingerprint density at radius 3 is 2.86 bits per heavy atom. The molecule has 1 aromatic heterocycles. The van der Waals surface area contributed by atoms with E-state index in [1.54, 1.807) is 22.9 Å². The molecule has 1 amide bonds. The topological polar surface area (TPSA) is 119 Å². The fraction of sp³-hybridized carbons (Fsp3) is 0.526. The van der Waals surface area contributed by atoms with Gasteiger partial charge >= 0.3 is 0 Å². The van der Waals surface area contributed by atoms with Crippen LogP contribution in [0.4, 0.5) is 0 Å². The zero-order valence-electron chi connectivity index (χ0n) is 15.2. The number of hydrogen-bond acceptors (Lipinski definition) is 7. The Morgan fingerprint density at radius 2 is 2.04 bits per heavy atom. The molecule has 28 heavy (non-hydrogen) atoms. The van der Waals surface area contributed by atoms with Crippen LogP contribution in [0.15, 0.2) is 24.4 Å². The Labute approximate surface area is 161 Å². The van der Waals surface area contributed by atoms with Gasteiger partial charge in [-0.3, -0.25) is 9.48 Å². The van der Waals surface area contributed by atoms with Crippen molar-refractivity contribution < 1.29 is 24.5 Å². The van der Waals surface area contributed by atoms with Crippen LogP contribution in [0.3, 0.4) is 0 Å². The summed E-state index contributed by atoms with van der Waals surface area (Å²) in [6.07, 6.45) is 2.70. The van der Waals surface area contributed by atoms with Crippen molar-refractivity contribution in [1.29, 1.82) is 0 Å². The Balaban J connectivity index is 1.23. The standard InChI is InChI=1S/C19H22N4O5/c24-17-12(7-23-8-14(21-22-23)10-1-2-10)5-13(18(17)25)20-19(26)11-3-4-15-16(6-11)28-9-27-15/h3-4,6,8,10,12-13,17-18,24-25H,1-2,5,7,9H2,(H,20,26). The zero-order chi connectivity index (χ0) is 19.3. The lowest BCUT2D eigenvalue weighted by atomic mass is 10.1.